The van der Waals surface area contributed by atoms with Gasteiger partial charge in [-0.15, -0.1) is 11.3 Å². The smallest absolute Gasteiger partial charge is 0.199 e. The maximum absolute atomic E-state index is 12.5. The highest BCUT2D eigenvalue weighted by Gasteiger charge is 2.29. The first-order valence-electron chi connectivity index (χ1n) is 7.20. The van der Waals surface area contributed by atoms with E-state index >= 15 is 0 Å². The largest absolute Gasteiger partial charge is 0.341 e. The number of nitrogens with one attached hydrogen (secondary N) is 1. The van der Waals surface area contributed by atoms with Crippen molar-refractivity contribution in [2.75, 3.05) is 18.4 Å². The molecule has 23 heavy (non-hydrogen) atoms. The summed E-state index contributed by atoms with van der Waals surface area (Å²) in [7, 11) is 0. The molecule has 4 rings (SSSR count). The summed E-state index contributed by atoms with van der Waals surface area (Å²) in [6.45, 7) is 1.47. The van der Waals surface area contributed by atoms with Crippen LogP contribution in [0.3, 0.4) is 0 Å². The van der Waals surface area contributed by atoms with Crippen LogP contribution in [-0.2, 0) is 0 Å². The summed E-state index contributed by atoms with van der Waals surface area (Å²) in [5.41, 5.74) is 2.00. The lowest BCUT2D eigenvalue weighted by atomic mass is 10.1. The molecule has 0 amide bonds. The zero-order valence-corrected chi connectivity index (χ0v) is 12.9. The number of ketones is 1. The van der Waals surface area contributed by atoms with Crippen LogP contribution in [0.1, 0.15) is 20.1 Å². The summed E-state index contributed by atoms with van der Waals surface area (Å²) in [5.74, 6) is 1.53. The summed E-state index contributed by atoms with van der Waals surface area (Å²) < 4.78 is 0. The number of thiophene rings is 1. The van der Waals surface area contributed by atoms with E-state index in [4.69, 9.17) is 5.26 Å². The zero-order valence-electron chi connectivity index (χ0n) is 12.1. The minimum Gasteiger partial charge on any atom is -0.341 e. The van der Waals surface area contributed by atoms with Crippen LogP contribution in [0, 0.1) is 11.3 Å². The first-order valence-corrected chi connectivity index (χ1v) is 8.02. The van der Waals surface area contributed by atoms with E-state index in [2.05, 4.69) is 16.4 Å². The Kier molecular flexibility index (Phi) is 3.21. The fourth-order valence-corrected chi connectivity index (χ4v) is 3.46. The SMILES string of the molecule is N#Cc1ccc(C(=O)/C=C2\Nc3ccccc3C3=NCCN32)s1. The van der Waals surface area contributed by atoms with Gasteiger partial charge in [-0.25, -0.2) is 0 Å². The molecule has 5 nitrogen and oxygen atoms in total. The van der Waals surface area contributed by atoms with Crippen LogP contribution in [0.25, 0.3) is 0 Å². The molecule has 0 unspecified atom stereocenters. The predicted molar refractivity (Wildman–Crippen MR) is 89.6 cm³/mol. The Labute approximate surface area is 137 Å². The Morgan fingerprint density at radius 2 is 2.22 bits per heavy atom. The monoisotopic (exact) mass is 320 g/mol. The zero-order chi connectivity index (χ0) is 15.8. The molecule has 0 spiro atoms. The number of hydrogen-bond acceptors (Lipinski definition) is 6. The first-order chi connectivity index (χ1) is 11.3. The topological polar surface area (TPSA) is 68.5 Å². The van der Waals surface area contributed by atoms with Gasteiger partial charge in [0.15, 0.2) is 5.78 Å². The van der Waals surface area contributed by atoms with Gasteiger partial charge in [-0.2, -0.15) is 5.26 Å². The van der Waals surface area contributed by atoms with Crippen molar-refractivity contribution in [3.05, 3.63) is 63.6 Å². The number of benzene rings is 1. The molecule has 2 aromatic rings. The normalized spacial score (nSPS) is 17.1. The minimum atomic E-state index is -0.107. The molecule has 0 saturated heterocycles. The summed E-state index contributed by atoms with van der Waals surface area (Å²) in [4.78, 5) is 20.1. The number of para-hydroxylation sites is 1. The summed E-state index contributed by atoms with van der Waals surface area (Å²) in [6.07, 6.45) is 1.59. The fourth-order valence-electron chi connectivity index (χ4n) is 2.74. The van der Waals surface area contributed by atoms with Gasteiger partial charge in [0.1, 0.15) is 22.6 Å². The molecule has 2 aliphatic heterocycles. The molecular weight excluding hydrogens is 308 g/mol. The van der Waals surface area contributed by atoms with Crippen LogP contribution in [0.15, 0.2) is 53.3 Å². The quantitative estimate of drug-likeness (QED) is 0.682. The number of carbonyl (C=O) groups excluding carboxylic acids is 1. The van der Waals surface area contributed by atoms with Crippen LogP contribution in [0.5, 0.6) is 0 Å². The second kappa shape index (κ2) is 5.38. The fraction of sp³-hybridized carbons (Fsp3) is 0.118. The van der Waals surface area contributed by atoms with Crippen molar-refractivity contribution in [3.63, 3.8) is 0 Å². The van der Waals surface area contributed by atoms with Gasteiger partial charge in [-0.3, -0.25) is 9.79 Å². The Bertz CT molecular complexity index is 903. The molecule has 112 valence electrons. The van der Waals surface area contributed by atoms with E-state index in [1.807, 2.05) is 29.2 Å². The number of aliphatic imine (C=N–C) groups is 1. The Morgan fingerprint density at radius 1 is 1.35 bits per heavy atom. The number of hydrogen-bond donors (Lipinski definition) is 1. The van der Waals surface area contributed by atoms with Crippen molar-refractivity contribution in [2.45, 2.75) is 0 Å². The van der Waals surface area contributed by atoms with Crippen LogP contribution >= 0.6 is 11.3 Å². The first kappa shape index (κ1) is 13.7. The molecule has 1 N–H and O–H groups in total. The van der Waals surface area contributed by atoms with Crippen molar-refractivity contribution < 1.29 is 4.79 Å². The third kappa shape index (κ3) is 2.31. The number of nitrogens with zero attached hydrogens (tertiary/aromatic N) is 3. The summed E-state index contributed by atoms with van der Waals surface area (Å²) in [6, 6.07) is 13.4. The van der Waals surface area contributed by atoms with Crippen molar-refractivity contribution in [3.8, 4) is 6.07 Å². The molecular formula is C17H12N4OS. The third-order valence-corrected chi connectivity index (χ3v) is 4.79. The lowest BCUT2D eigenvalue weighted by Gasteiger charge is -2.31. The van der Waals surface area contributed by atoms with Crippen LogP contribution in [0.4, 0.5) is 5.69 Å². The molecule has 0 radical (unpaired) electrons. The molecule has 0 atom stereocenters. The predicted octanol–water partition coefficient (Wildman–Crippen LogP) is 2.83. The second-order valence-electron chi connectivity index (χ2n) is 5.20. The van der Waals surface area contributed by atoms with E-state index in [9.17, 15) is 4.79 Å². The number of anilines is 1. The molecule has 0 aliphatic carbocycles. The van der Waals surface area contributed by atoms with E-state index in [1.165, 1.54) is 11.3 Å². The van der Waals surface area contributed by atoms with Gasteiger partial charge in [-0.05, 0) is 24.3 Å². The van der Waals surface area contributed by atoms with Gasteiger partial charge in [-0.1, -0.05) is 12.1 Å². The van der Waals surface area contributed by atoms with Gasteiger partial charge < -0.3 is 10.2 Å². The van der Waals surface area contributed by atoms with Gasteiger partial charge in [0.05, 0.1) is 17.1 Å². The number of carbonyl (C=O) groups is 1. The van der Waals surface area contributed by atoms with Gasteiger partial charge in [0.25, 0.3) is 0 Å². The molecule has 2 aliphatic rings. The standard InChI is InChI=1S/C17H12N4OS/c18-10-11-5-6-15(23-11)14(22)9-16-20-13-4-2-1-3-12(13)17-19-7-8-21(16)17/h1-6,9,20H,7-8H2/b16-9+. The van der Waals surface area contributed by atoms with E-state index in [0.717, 1.165) is 29.5 Å². The summed E-state index contributed by atoms with van der Waals surface area (Å²) in [5, 5.41) is 12.2. The molecule has 6 heteroatoms. The number of allylic oxidation sites excluding steroid dienone is 1. The minimum absolute atomic E-state index is 0.107. The molecule has 3 heterocycles. The van der Waals surface area contributed by atoms with Crippen molar-refractivity contribution in [1.29, 1.82) is 5.26 Å². The van der Waals surface area contributed by atoms with E-state index in [0.29, 0.717) is 16.3 Å². The highest BCUT2D eigenvalue weighted by atomic mass is 32.1. The van der Waals surface area contributed by atoms with E-state index < -0.39 is 0 Å². The average Bonchev–Trinajstić information content (AvgIpc) is 3.24. The van der Waals surface area contributed by atoms with Crippen LogP contribution in [-0.4, -0.2) is 29.6 Å². The molecule has 0 bridgehead atoms. The van der Waals surface area contributed by atoms with Gasteiger partial charge in [0, 0.05) is 18.2 Å². The summed E-state index contributed by atoms with van der Waals surface area (Å²) >= 11 is 1.21. The molecule has 1 aromatic carbocycles. The Hall–Kier alpha value is -2.91. The number of amidine groups is 1. The maximum atomic E-state index is 12.5. The third-order valence-electron chi connectivity index (χ3n) is 3.79. The van der Waals surface area contributed by atoms with Crippen molar-refractivity contribution >= 4 is 28.6 Å². The van der Waals surface area contributed by atoms with Gasteiger partial charge >= 0.3 is 0 Å². The van der Waals surface area contributed by atoms with E-state index in [1.54, 1.807) is 18.2 Å². The number of nitriles is 1. The molecule has 0 saturated carbocycles. The lowest BCUT2D eigenvalue weighted by molar-refractivity contribution is 0.104. The molecule has 1 aromatic heterocycles. The van der Waals surface area contributed by atoms with Crippen LogP contribution < -0.4 is 5.32 Å². The maximum Gasteiger partial charge on any atom is 0.199 e. The van der Waals surface area contributed by atoms with Crippen LogP contribution in [0.2, 0.25) is 0 Å². The Morgan fingerprint density at radius 3 is 3.04 bits per heavy atom. The average molecular weight is 320 g/mol. The second-order valence-corrected chi connectivity index (χ2v) is 6.28. The lowest BCUT2D eigenvalue weighted by Crippen LogP contribution is -2.36. The Balaban J connectivity index is 1.71. The van der Waals surface area contributed by atoms with Crippen molar-refractivity contribution in [2.24, 2.45) is 4.99 Å². The number of rotatable bonds is 2. The molecule has 0 fully saturated rings. The number of fused-ring (bicyclic) bond motifs is 3. The highest BCUT2D eigenvalue weighted by molar-refractivity contribution is 7.14. The van der Waals surface area contributed by atoms with Crippen molar-refractivity contribution in [1.82, 2.24) is 4.90 Å². The highest BCUT2D eigenvalue weighted by Crippen LogP contribution is 2.30. The van der Waals surface area contributed by atoms with E-state index in [-0.39, 0.29) is 5.78 Å². The van der Waals surface area contributed by atoms with Gasteiger partial charge in [0.2, 0.25) is 0 Å².